The van der Waals surface area contributed by atoms with Gasteiger partial charge in [0.05, 0.1) is 23.9 Å². The van der Waals surface area contributed by atoms with Crippen molar-refractivity contribution in [3.05, 3.63) is 88.9 Å². The van der Waals surface area contributed by atoms with Gasteiger partial charge in [-0.3, -0.25) is 9.59 Å². The molecule has 0 aromatic heterocycles. The Bertz CT molecular complexity index is 1150. The van der Waals surface area contributed by atoms with E-state index in [2.05, 4.69) is 15.8 Å². The van der Waals surface area contributed by atoms with Gasteiger partial charge >= 0.3 is 17.8 Å². The van der Waals surface area contributed by atoms with Gasteiger partial charge in [0.1, 0.15) is 11.5 Å². The van der Waals surface area contributed by atoms with Crippen LogP contribution in [0.4, 0.5) is 5.69 Å². The van der Waals surface area contributed by atoms with Crippen LogP contribution >= 0.6 is 11.6 Å². The van der Waals surface area contributed by atoms with Gasteiger partial charge in [0.2, 0.25) is 0 Å². The van der Waals surface area contributed by atoms with Crippen molar-refractivity contribution in [2.45, 2.75) is 0 Å². The second-order valence-electron chi connectivity index (χ2n) is 6.32. The number of methoxy groups -OCH3 is 1. The second-order valence-corrected chi connectivity index (χ2v) is 6.73. The number of amides is 2. The number of hydrogen-bond donors (Lipinski definition) is 2. The molecule has 8 nitrogen and oxygen atoms in total. The first-order chi connectivity index (χ1) is 15.5. The Kier molecular flexibility index (Phi) is 7.55. The smallest absolute Gasteiger partial charge is 0.345 e. The van der Waals surface area contributed by atoms with Crippen molar-refractivity contribution < 1.29 is 23.9 Å². The molecule has 0 aliphatic carbocycles. The van der Waals surface area contributed by atoms with Crippen LogP contribution in [0.25, 0.3) is 0 Å². The number of halogens is 1. The van der Waals surface area contributed by atoms with Crippen molar-refractivity contribution in [2.24, 2.45) is 5.10 Å². The van der Waals surface area contributed by atoms with Gasteiger partial charge in [0.25, 0.3) is 0 Å². The molecule has 0 bridgehead atoms. The van der Waals surface area contributed by atoms with Gasteiger partial charge in [-0.2, -0.15) is 5.10 Å². The summed E-state index contributed by atoms with van der Waals surface area (Å²) in [6.07, 6.45) is 1.35. The van der Waals surface area contributed by atoms with E-state index >= 15 is 0 Å². The predicted octanol–water partition coefficient (Wildman–Crippen LogP) is 3.66. The molecular weight excluding hydrogens is 434 g/mol. The molecule has 0 fully saturated rings. The molecule has 0 spiro atoms. The van der Waals surface area contributed by atoms with Gasteiger partial charge in [-0.15, -0.1) is 0 Å². The molecule has 0 aliphatic heterocycles. The van der Waals surface area contributed by atoms with Crippen molar-refractivity contribution >= 4 is 41.3 Å². The summed E-state index contributed by atoms with van der Waals surface area (Å²) in [5.41, 5.74) is 3.45. The minimum absolute atomic E-state index is 0.260. The lowest BCUT2D eigenvalue weighted by Gasteiger charge is -2.06. The van der Waals surface area contributed by atoms with E-state index in [-0.39, 0.29) is 5.56 Å². The van der Waals surface area contributed by atoms with Crippen LogP contribution in [0.5, 0.6) is 11.5 Å². The summed E-state index contributed by atoms with van der Waals surface area (Å²) >= 11 is 5.99. The largest absolute Gasteiger partial charge is 0.497 e. The molecule has 32 heavy (non-hydrogen) atoms. The number of carbonyl (C=O) groups excluding carboxylic acids is 3. The fraction of sp³-hybridized carbons (Fsp3) is 0.0435. The monoisotopic (exact) mass is 451 g/mol. The lowest BCUT2D eigenvalue weighted by atomic mass is 10.2. The van der Waals surface area contributed by atoms with Crippen LogP contribution < -0.4 is 20.2 Å². The van der Waals surface area contributed by atoms with Gasteiger partial charge in [-0.1, -0.05) is 23.7 Å². The van der Waals surface area contributed by atoms with E-state index in [4.69, 9.17) is 21.1 Å². The first-order valence-electron chi connectivity index (χ1n) is 9.31. The summed E-state index contributed by atoms with van der Waals surface area (Å²) in [7, 11) is 1.53. The van der Waals surface area contributed by atoms with Crippen molar-refractivity contribution in [1.29, 1.82) is 0 Å². The Balaban J connectivity index is 1.50. The van der Waals surface area contributed by atoms with Crippen molar-refractivity contribution in [1.82, 2.24) is 5.43 Å². The maximum Gasteiger partial charge on any atom is 0.345 e. The van der Waals surface area contributed by atoms with Crippen LogP contribution in [0.2, 0.25) is 5.02 Å². The lowest BCUT2D eigenvalue weighted by Crippen LogP contribution is -2.32. The Morgan fingerprint density at radius 1 is 0.875 bits per heavy atom. The van der Waals surface area contributed by atoms with Crippen molar-refractivity contribution in [3.63, 3.8) is 0 Å². The standard InChI is InChI=1S/C23H18ClN3O5/c1-31-17-12-8-16(9-13-17)26-21(28)22(29)27-25-14-15-6-10-18(11-7-15)32-23(30)19-4-2-3-5-20(19)24/h2-14H,1H3,(H,26,28)(H,27,29)/b25-14+. The number of nitrogens with one attached hydrogen (secondary N) is 2. The minimum atomic E-state index is -0.928. The third-order valence-electron chi connectivity index (χ3n) is 4.12. The number of anilines is 1. The number of hydrazone groups is 1. The number of esters is 1. The molecular formula is C23H18ClN3O5. The molecule has 3 aromatic carbocycles. The molecule has 0 radical (unpaired) electrons. The summed E-state index contributed by atoms with van der Waals surface area (Å²) in [4.78, 5) is 35.9. The van der Waals surface area contributed by atoms with E-state index in [1.807, 2.05) is 0 Å². The van der Waals surface area contributed by atoms with Crippen LogP contribution in [-0.2, 0) is 9.59 Å². The third kappa shape index (κ3) is 6.16. The number of carbonyl (C=O) groups is 3. The second kappa shape index (κ2) is 10.7. The van der Waals surface area contributed by atoms with E-state index in [1.165, 1.54) is 13.3 Å². The molecule has 162 valence electrons. The quantitative estimate of drug-likeness (QED) is 0.195. The molecule has 2 amide bonds. The average Bonchev–Trinajstić information content (AvgIpc) is 2.80. The van der Waals surface area contributed by atoms with E-state index in [0.717, 1.165) is 0 Å². The van der Waals surface area contributed by atoms with Crippen molar-refractivity contribution in [3.8, 4) is 11.5 Å². The van der Waals surface area contributed by atoms with Crippen LogP contribution in [-0.4, -0.2) is 31.1 Å². The number of rotatable bonds is 6. The van der Waals surface area contributed by atoms with Gasteiger partial charge < -0.3 is 14.8 Å². The Labute approximate surface area is 188 Å². The summed E-state index contributed by atoms with van der Waals surface area (Å²) in [5, 5.41) is 6.50. The molecule has 0 heterocycles. The fourth-order valence-corrected chi connectivity index (χ4v) is 2.70. The lowest BCUT2D eigenvalue weighted by molar-refractivity contribution is -0.136. The zero-order chi connectivity index (χ0) is 22.9. The molecule has 0 unspecified atom stereocenters. The first kappa shape index (κ1) is 22.5. The van der Waals surface area contributed by atoms with Gasteiger partial charge in [0, 0.05) is 5.69 Å². The third-order valence-corrected chi connectivity index (χ3v) is 4.45. The molecule has 0 saturated heterocycles. The zero-order valence-electron chi connectivity index (χ0n) is 16.9. The Hall–Kier alpha value is -4.17. The highest BCUT2D eigenvalue weighted by Gasteiger charge is 2.13. The summed E-state index contributed by atoms with van der Waals surface area (Å²) in [6, 6.07) is 19.5. The van der Waals surface area contributed by atoms with Crippen LogP contribution in [0, 0.1) is 0 Å². The van der Waals surface area contributed by atoms with Gasteiger partial charge in [-0.05, 0) is 66.2 Å². The highest BCUT2D eigenvalue weighted by molar-refractivity contribution is 6.39. The maximum absolute atomic E-state index is 12.2. The van der Waals surface area contributed by atoms with Gasteiger partial charge in [-0.25, -0.2) is 10.2 Å². The number of benzene rings is 3. The topological polar surface area (TPSA) is 106 Å². The van der Waals surface area contributed by atoms with Crippen LogP contribution in [0.1, 0.15) is 15.9 Å². The molecule has 2 N–H and O–H groups in total. The SMILES string of the molecule is COc1ccc(NC(=O)C(=O)N/N=C/c2ccc(OC(=O)c3ccccc3Cl)cc2)cc1. The van der Waals surface area contributed by atoms with Crippen LogP contribution in [0.3, 0.4) is 0 Å². The number of ether oxygens (including phenoxy) is 2. The summed E-state index contributed by atoms with van der Waals surface area (Å²) in [6.45, 7) is 0. The van der Waals surface area contributed by atoms with Crippen molar-refractivity contribution in [2.75, 3.05) is 12.4 Å². The fourth-order valence-electron chi connectivity index (χ4n) is 2.49. The molecule has 3 aromatic rings. The highest BCUT2D eigenvalue weighted by atomic mass is 35.5. The Morgan fingerprint density at radius 3 is 2.19 bits per heavy atom. The maximum atomic E-state index is 12.2. The number of hydrogen-bond acceptors (Lipinski definition) is 6. The summed E-state index contributed by atoms with van der Waals surface area (Å²) in [5.74, 6) is -1.43. The molecule has 0 aliphatic rings. The molecule has 3 rings (SSSR count). The Morgan fingerprint density at radius 2 is 1.53 bits per heavy atom. The highest BCUT2D eigenvalue weighted by Crippen LogP contribution is 2.19. The minimum Gasteiger partial charge on any atom is -0.497 e. The van der Waals surface area contributed by atoms with E-state index in [9.17, 15) is 14.4 Å². The number of nitrogens with zero attached hydrogens (tertiary/aromatic N) is 1. The summed E-state index contributed by atoms with van der Waals surface area (Å²) < 4.78 is 10.3. The first-order valence-corrected chi connectivity index (χ1v) is 9.69. The average molecular weight is 452 g/mol. The molecule has 0 saturated carbocycles. The van der Waals surface area contributed by atoms with E-state index < -0.39 is 17.8 Å². The molecule has 9 heteroatoms. The van der Waals surface area contributed by atoms with Gasteiger partial charge in [0.15, 0.2) is 0 Å². The molecule has 0 atom stereocenters. The predicted molar refractivity (Wildman–Crippen MR) is 120 cm³/mol. The normalized spacial score (nSPS) is 10.4. The van der Waals surface area contributed by atoms with E-state index in [0.29, 0.717) is 27.8 Å². The van der Waals surface area contributed by atoms with Crippen LogP contribution in [0.15, 0.2) is 77.9 Å². The zero-order valence-corrected chi connectivity index (χ0v) is 17.6. The van der Waals surface area contributed by atoms with E-state index in [1.54, 1.807) is 72.8 Å².